The van der Waals surface area contributed by atoms with Crippen LogP contribution in [-0.4, -0.2) is 50.1 Å². The number of carbonyl (C=O) groups is 1. The SMILES string of the molecule is COc1ccccc1N1CCN([C@H](c2cccs2)[C@@H](C)NC(=O)c2cccs2)CC1. The molecule has 1 fully saturated rings. The maximum atomic E-state index is 12.6. The number of nitrogens with zero attached hydrogens (tertiary/aromatic N) is 2. The van der Waals surface area contributed by atoms with Gasteiger partial charge in [0.2, 0.25) is 0 Å². The predicted molar refractivity (Wildman–Crippen MR) is 125 cm³/mol. The molecule has 3 aromatic rings. The fourth-order valence-corrected chi connectivity index (χ4v) is 5.69. The maximum Gasteiger partial charge on any atom is 0.261 e. The van der Waals surface area contributed by atoms with Crippen LogP contribution in [0.15, 0.2) is 59.3 Å². The van der Waals surface area contributed by atoms with Crippen molar-refractivity contribution in [3.8, 4) is 5.75 Å². The second-order valence-corrected chi connectivity index (χ2v) is 9.32. The Kier molecular flexibility index (Phi) is 6.72. The van der Waals surface area contributed by atoms with Gasteiger partial charge in [-0.05, 0) is 41.9 Å². The summed E-state index contributed by atoms with van der Waals surface area (Å²) in [6, 6.07) is 16.4. The summed E-state index contributed by atoms with van der Waals surface area (Å²) in [6.45, 7) is 5.82. The van der Waals surface area contributed by atoms with Gasteiger partial charge in [0.15, 0.2) is 0 Å². The summed E-state index contributed by atoms with van der Waals surface area (Å²) in [4.78, 5) is 19.6. The predicted octanol–water partition coefficient (Wildman–Crippen LogP) is 4.50. The summed E-state index contributed by atoms with van der Waals surface area (Å²) in [5, 5.41) is 7.28. The van der Waals surface area contributed by atoms with Crippen LogP contribution < -0.4 is 15.0 Å². The number of para-hydroxylation sites is 2. The molecule has 1 aliphatic heterocycles. The maximum absolute atomic E-state index is 12.6. The molecule has 158 valence electrons. The molecule has 1 amide bonds. The third-order valence-corrected chi connectivity index (χ3v) is 7.36. The lowest BCUT2D eigenvalue weighted by atomic mass is 10.0. The third kappa shape index (κ3) is 4.53. The van der Waals surface area contributed by atoms with Gasteiger partial charge in [0, 0.05) is 37.1 Å². The van der Waals surface area contributed by atoms with E-state index < -0.39 is 0 Å². The molecule has 0 unspecified atom stereocenters. The van der Waals surface area contributed by atoms with Gasteiger partial charge in [-0.25, -0.2) is 0 Å². The molecule has 2 aromatic heterocycles. The summed E-state index contributed by atoms with van der Waals surface area (Å²) in [5.41, 5.74) is 1.14. The highest BCUT2D eigenvalue weighted by Gasteiger charge is 2.31. The van der Waals surface area contributed by atoms with Crippen molar-refractivity contribution in [3.05, 3.63) is 69.0 Å². The zero-order chi connectivity index (χ0) is 20.9. The number of nitrogens with one attached hydrogen (secondary N) is 1. The molecule has 2 atom stereocenters. The first-order chi connectivity index (χ1) is 14.7. The summed E-state index contributed by atoms with van der Waals surface area (Å²) in [6.07, 6.45) is 0. The average molecular weight is 442 g/mol. The lowest BCUT2D eigenvalue weighted by Crippen LogP contribution is -2.52. The molecule has 0 saturated carbocycles. The molecular weight excluding hydrogens is 414 g/mol. The monoisotopic (exact) mass is 441 g/mol. The van der Waals surface area contributed by atoms with E-state index >= 15 is 0 Å². The number of methoxy groups -OCH3 is 1. The average Bonchev–Trinajstić information content (AvgIpc) is 3.49. The molecular formula is C23H27N3O2S2. The van der Waals surface area contributed by atoms with Gasteiger partial charge in [-0.15, -0.1) is 22.7 Å². The number of piperazine rings is 1. The Morgan fingerprint density at radius 3 is 2.40 bits per heavy atom. The van der Waals surface area contributed by atoms with E-state index in [9.17, 15) is 4.79 Å². The third-order valence-electron chi connectivity index (χ3n) is 5.55. The Balaban J connectivity index is 1.47. The summed E-state index contributed by atoms with van der Waals surface area (Å²) in [5.74, 6) is 0.920. The van der Waals surface area contributed by atoms with E-state index in [0.717, 1.165) is 42.5 Å². The topological polar surface area (TPSA) is 44.8 Å². The molecule has 5 nitrogen and oxygen atoms in total. The normalized spacial score (nSPS) is 16.8. The first kappa shape index (κ1) is 20.9. The Hall–Kier alpha value is -2.35. The molecule has 1 aliphatic rings. The van der Waals surface area contributed by atoms with E-state index in [1.807, 2.05) is 29.6 Å². The van der Waals surface area contributed by atoms with E-state index in [2.05, 4.69) is 51.7 Å². The van der Waals surface area contributed by atoms with Gasteiger partial charge in [0.1, 0.15) is 5.75 Å². The van der Waals surface area contributed by atoms with E-state index in [-0.39, 0.29) is 18.0 Å². The van der Waals surface area contributed by atoms with Gasteiger partial charge in [-0.3, -0.25) is 9.69 Å². The number of rotatable bonds is 7. The second-order valence-electron chi connectivity index (χ2n) is 7.39. The molecule has 1 N–H and O–H groups in total. The number of carbonyl (C=O) groups excluding carboxylic acids is 1. The van der Waals surface area contributed by atoms with Crippen LogP contribution in [0, 0.1) is 0 Å². The first-order valence-corrected chi connectivity index (χ1v) is 11.9. The van der Waals surface area contributed by atoms with Crippen molar-refractivity contribution in [1.29, 1.82) is 0 Å². The Bertz CT molecular complexity index is 935. The molecule has 0 spiro atoms. The summed E-state index contributed by atoms with van der Waals surface area (Å²) >= 11 is 3.23. The molecule has 0 aliphatic carbocycles. The van der Waals surface area contributed by atoms with E-state index in [1.165, 1.54) is 16.2 Å². The van der Waals surface area contributed by atoms with Crippen LogP contribution in [0.2, 0.25) is 0 Å². The lowest BCUT2D eigenvalue weighted by Gasteiger charge is -2.42. The van der Waals surface area contributed by atoms with Gasteiger partial charge in [-0.1, -0.05) is 24.3 Å². The standard InChI is InChI=1S/C23H27N3O2S2/c1-17(24-23(27)21-10-6-16-30-21)22(20-9-5-15-29-20)26-13-11-25(12-14-26)18-7-3-4-8-19(18)28-2/h3-10,15-17,22H,11-14H2,1-2H3,(H,24,27)/t17-,22+/m1/s1. The second kappa shape index (κ2) is 9.64. The molecule has 1 saturated heterocycles. The van der Waals surface area contributed by atoms with Crippen LogP contribution in [0.1, 0.15) is 27.5 Å². The highest BCUT2D eigenvalue weighted by Crippen LogP contribution is 2.32. The zero-order valence-electron chi connectivity index (χ0n) is 17.3. The van der Waals surface area contributed by atoms with Crippen LogP contribution in [0.4, 0.5) is 5.69 Å². The number of ether oxygens (including phenoxy) is 1. The van der Waals surface area contributed by atoms with Crippen molar-refractivity contribution >= 4 is 34.3 Å². The van der Waals surface area contributed by atoms with Crippen LogP contribution in [0.25, 0.3) is 0 Å². The zero-order valence-corrected chi connectivity index (χ0v) is 18.9. The molecule has 7 heteroatoms. The van der Waals surface area contributed by atoms with E-state index in [0.29, 0.717) is 0 Å². The number of amides is 1. The minimum atomic E-state index is 0.00622. The number of hydrogen-bond acceptors (Lipinski definition) is 6. The molecule has 30 heavy (non-hydrogen) atoms. The molecule has 0 radical (unpaired) electrons. The molecule has 1 aromatic carbocycles. The number of anilines is 1. The number of hydrogen-bond donors (Lipinski definition) is 1. The van der Waals surface area contributed by atoms with Gasteiger partial charge < -0.3 is 15.0 Å². The Labute approximate surface area is 185 Å². The minimum absolute atomic E-state index is 0.00622. The Morgan fingerprint density at radius 1 is 1.00 bits per heavy atom. The highest BCUT2D eigenvalue weighted by molar-refractivity contribution is 7.12. The van der Waals surface area contributed by atoms with E-state index in [4.69, 9.17) is 4.74 Å². The minimum Gasteiger partial charge on any atom is -0.495 e. The first-order valence-electron chi connectivity index (χ1n) is 10.2. The van der Waals surface area contributed by atoms with Crippen molar-refractivity contribution in [3.63, 3.8) is 0 Å². The quantitative estimate of drug-likeness (QED) is 0.586. The smallest absolute Gasteiger partial charge is 0.261 e. The molecule has 0 bridgehead atoms. The van der Waals surface area contributed by atoms with Crippen molar-refractivity contribution in [2.75, 3.05) is 38.2 Å². The number of thiophene rings is 2. The fourth-order valence-electron chi connectivity index (χ4n) is 4.10. The van der Waals surface area contributed by atoms with Crippen molar-refractivity contribution in [2.24, 2.45) is 0 Å². The molecule has 3 heterocycles. The van der Waals surface area contributed by atoms with Gasteiger partial charge in [0.05, 0.1) is 23.7 Å². The van der Waals surface area contributed by atoms with Crippen LogP contribution >= 0.6 is 22.7 Å². The van der Waals surface area contributed by atoms with Gasteiger partial charge >= 0.3 is 0 Å². The Morgan fingerprint density at radius 2 is 1.73 bits per heavy atom. The fraction of sp³-hybridized carbons (Fsp3) is 0.348. The van der Waals surface area contributed by atoms with Crippen molar-refractivity contribution < 1.29 is 9.53 Å². The summed E-state index contributed by atoms with van der Waals surface area (Å²) in [7, 11) is 1.72. The summed E-state index contributed by atoms with van der Waals surface area (Å²) < 4.78 is 5.55. The van der Waals surface area contributed by atoms with E-state index in [1.54, 1.807) is 18.4 Å². The van der Waals surface area contributed by atoms with Gasteiger partial charge in [-0.2, -0.15) is 0 Å². The van der Waals surface area contributed by atoms with Crippen molar-refractivity contribution in [1.82, 2.24) is 10.2 Å². The van der Waals surface area contributed by atoms with Crippen LogP contribution in [-0.2, 0) is 0 Å². The van der Waals surface area contributed by atoms with Gasteiger partial charge in [0.25, 0.3) is 5.91 Å². The number of benzene rings is 1. The largest absolute Gasteiger partial charge is 0.495 e. The van der Waals surface area contributed by atoms with Crippen LogP contribution in [0.3, 0.4) is 0 Å². The van der Waals surface area contributed by atoms with Crippen LogP contribution in [0.5, 0.6) is 5.75 Å². The molecule has 4 rings (SSSR count). The highest BCUT2D eigenvalue weighted by atomic mass is 32.1. The van der Waals surface area contributed by atoms with Crippen molar-refractivity contribution in [2.45, 2.75) is 19.0 Å². The lowest BCUT2D eigenvalue weighted by molar-refractivity contribution is 0.0894.